The lowest BCUT2D eigenvalue weighted by Gasteiger charge is -2.18. The average molecular weight is 292 g/mol. The van der Waals surface area contributed by atoms with Crippen molar-refractivity contribution in [1.82, 2.24) is 14.8 Å². The van der Waals surface area contributed by atoms with Gasteiger partial charge in [0.1, 0.15) is 5.82 Å². The minimum atomic E-state index is -0.759. The Morgan fingerprint density at radius 3 is 2.85 bits per heavy atom. The summed E-state index contributed by atoms with van der Waals surface area (Å²) >= 11 is 5.85. The van der Waals surface area contributed by atoms with Gasteiger partial charge < -0.3 is 5.11 Å². The molecule has 0 bridgehead atoms. The zero-order valence-corrected chi connectivity index (χ0v) is 11.5. The van der Waals surface area contributed by atoms with Crippen LogP contribution in [0.25, 0.3) is 0 Å². The van der Waals surface area contributed by atoms with E-state index in [4.69, 9.17) is 16.7 Å². The van der Waals surface area contributed by atoms with Crippen LogP contribution in [0, 0.1) is 5.92 Å². The standard InChI is InChI=1S/C14H14ClN3O2/c15-11-4-1-9(2-5-11)7-12-16-13-6-3-10(14(19)20)8-18(13)17-12/h1-2,4-5,10H,3,6-8H2,(H,19,20). The van der Waals surface area contributed by atoms with Gasteiger partial charge in [-0.3, -0.25) is 4.79 Å². The van der Waals surface area contributed by atoms with Crippen molar-refractivity contribution in [2.24, 2.45) is 5.92 Å². The number of carbonyl (C=O) groups is 1. The Kier molecular flexibility index (Phi) is 3.44. The highest BCUT2D eigenvalue weighted by Gasteiger charge is 2.26. The molecule has 0 aliphatic carbocycles. The van der Waals surface area contributed by atoms with Crippen molar-refractivity contribution in [1.29, 1.82) is 0 Å². The summed E-state index contributed by atoms with van der Waals surface area (Å²) in [5, 5.41) is 14.2. The molecule has 1 aromatic carbocycles. The fourth-order valence-corrected chi connectivity index (χ4v) is 2.55. The molecule has 0 fully saturated rings. The van der Waals surface area contributed by atoms with Gasteiger partial charge in [-0.15, -0.1) is 0 Å². The number of fused-ring (bicyclic) bond motifs is 1. The van der Waals surface area contributed by atoms with E-state index in [9.17, 15) is 4.79 Å². The van der Waals surface area contributed by atoms with Crippen LogP contribution in [0.15, 0.2) is 24.3 Å². The first-order chi connectivity index (χ1) is 9.61. The smallest absolute Gasteiger partial charge is 0.308 e. The highest BCUT2D eigenvalue weighted by Crippen LogP contribution is 2.19. The molecule has 104 valence electrons. The topological polar surface area (TPSA) is 68.0 Å². The quantitative estimate of drug-likeness (QED) is 0.941. The van der Waals surface area contributed by atoms with Crippen LogP contribution in [-0.2, 0) is 24.2 Å². The number of halogens is 1. The van der Waals surface area contributed by atoms with Crippen LogP contribution in [0.2, 0.25) is 5.02 Å². The number of aliphatic carboxylic acids is 1. The maximum absolute atomic E-state index is 11.0. The Morgan fingerprint density at radius 1 is 1.40 bits per heavy atom. The van der Waals surface area contributed by atoms with E-state index in [0.717, 1.165) is 17.2 Å². The van der Waals surface area contributed by atoms with E-state index >= 15 is 0 Å². The molecular formula is C14H14ClN3O2. The summed E-state index contributed by atoms with van der Waals surface area (Å²) in [5.74, 6) is 0.498. The van der Waals surface area contributed by atoms with E-state index < -0.39 is 5.97 Å². The van der Waals surface area contributed by atoms with Crippen molar-refractivity contribution in [2.45, 2.75) is 25.8 Å². The average Bonchev–Trinajstić information content (AvgIpc) is 2.82. The lowest BCUT2D eigenvalue weighted by molar-refractivity contribution is -0.142. The van der Waals surface area contributed by atoms with Crippen LogP contribution in [-0.4, -0.2) is 25.8 Å². The molecule has 2 aromatic rings. The van der Waals surface area contributed by atoms with Gasteiger partial charge >= 0.3 is 5.97 Å². The molecule has 1 aliphatic heterocycles. The number of benzene rings is 1. The van der Waals surface area contributed by atoms with Gasteiger partial charge in [0.25, 0.3) is 0 Å². The fourth-order valence-electron chi connectivity index (χ4n) is 2.42. The van der Waals surface area contributed by atoms with Gasteiger partial charge in [0.2, 0.25) is 0 Å². The summed E-state index contributed by atoms with van der Waals surface area (Å²) < 4.78 is 1.73. The number of aromatic nitrogens is 3. The normalized spacial score (nSPS) is 17.8. The minimum Gasteiger partial charge on any atom is -0.481 e. The Morgan fingerprint density at radius 2 is 2.15 bits per heavy atom. The highest BCUT2D eigenvalue weighted by atomic mass is 35.5. The van der Waals surface area contributed by atoms with Gasteiger partial charge in [-0.1, -0.05) is 23.7 Å². The second kappa shape index (κ2) is 5.25. The second-order valence-electron chi connectivity index (χ2n) is 5.00. The summed E-state index contributed by atoms with van der Waals surface area (Å²) in [7, 11) is 0. The lowest BCUT2D eigenvalue weighted by atomic mass is 10.0. The molecule has 1 aliphatic rings. The van der Waals surface area contributed by atoms with Gasteiger partial charge in [-0.25, -0.2) is 9.67 Å². The molecule has 1 atom stereocenters. The van der Waals surface area contributed by atoms with Gasteiger partial charge in [0.05, 0.1) is 12.5 Å². The van der Waals surface area contributed by atoms with E-state index in [0.29, 0.717) is 30.8 Å². The summed E-state index contributed by atoms with van der Waals surface area (Å²) in [5.41, 5.74) is 1.09. The van der Waals surface area contributed by atoms with Crippen LogP contribution in [0.4, 0.5) is 0 Å². The maximum Gasteiger partial charge on any atom is 0.308 e. The third-order valence-corrected chi connectivity index (χ3v) is 3.78. The third kappa shape index (κ3) is 2.67. The Bertz CT molecular complexity index is 636. The molecule has 1 unspecified atom stereocenters. The van der Waals surface area contributed by atoms with Crippen molar-refractivity contribution >= 4 is 17.6 Å². The Balaban J connectivity index is 1.77. The van der Waals surface area contributed by atoms with Crippen LogP contribution in [0.5, 0.6) is 0 Å². The molecule has 1 aromatic heterocycles. The predicted octanol–water partition coefficient (Wildman–Crippen LogP) is 2.17. The molecule has 0 amide bonds. The molecule has 5 nitrogen and oxygen atoms in total. The van der Waals surface area contributed by atoms with Crippen LogP contribution < -0.4 is 0 Å². The Hall–Kier alpha value is -1.88. The molecule has 0 saturated heterocycles. The van der Waals surface area contributed by atoms with E-state index in [1.807, 2.05) is 24.3 Å². The second-order valence-corrected chi connectivity index (χ2v) is 5.44. The maximum atomic E-state index is 11.0. The largest absolute Gasteiger partial charge is 0.481 e. The van der Waals surface area contributed by atoms with Crippen molar-refractivity contribution in [3.63, 3.8) is 0 Å². The van der Waals surface area contributed by atoms with Gasteiger partial charge in [0, 0.05) is 17.9 Å². The van der Waals surface area contributed by atoms with E-state index in [-0.39, 0.29) is 5.92 Å². The lowest BCUT2D eigenvalue weighted by Crippen LogP contribution is -2.27. The summed E-state index contributed by atoms with van der Waals surface area (Å²) in [4.78, 5) is 15.5. The van der Waals surface area contributed by atoms with Gasteiger partial charge in [-0.05, 0) is 24.1 Å². The number of nitrogens with zero attached hydrogens (tertiary/aromatic N) is 3. The first-order valence-corrected chi connectivity index (χ1v) is 6.89. The highest BCUT2D eigenvalue weighted by molar-refractivity contribution is 6.30. The number of hydrogen-bond acceptors (Lipinski definition) is 3. The van der Waals surface area contributed by atoms with Crippen LogP contribution in [0.3, 0.4) is 0 Å². The molecule has 2 heterocycles. The van der Waals surface area contributed by atoms with Crippen molar-refractivity contribution < 1.29 is 9.90 Å². The first kappa shape index (κ1) is 13.1. The third-order valence-electron chi connectivity index (χ3n) is 3.53. The molecule has 3 rings (SSSR count). The zero-order valence-electron chi connectivity index (χ0n) is 10.8. The number of carboxylic acid groups (broad SMARTS) is 1. The van der Waals surface area contributed by atoms with Gasteiger partial charge in [-0.2, -0.15) is 5.10 Å². The monoisotopic (exact) mass is 291 g/mol. The molecule has 20 heavy (non-hydrogen) atoms. The first-order valence-electron chi connectivity index (χ1n) is 6.51. The molecule has 0 radical (unpaired) electrons. The SMILES string of the molecule is O=C(O)C1CCc2nc(Cc3ccc(Cl)cc3)nn2C1. The van der Waals surface area contributed by atoms with Crippen LogP contribution >= 0.6 is 11.6 Å². The summed E-state index contributed by atoms with van der Waals surface area (Å²) in [6, 6.07) is 7.57. The van der Waals surface area contributed by atoms with Crippen LogP contribution in [0.1, 0.15) is 23.6 Å². The molecule has 6 heteroatoms. The summed E-state index contributed by atoms with van der Waals surface area (Å²) in [6.45, 7) is 0.415. The predicted molar refractivity (Wildman–Crippen MR) is 73.7 cm³/mol. The number of aryl methyl sites for hydroxylation is 1. The van der Waals surface area contributed by atoms with E-state index in [1.165, 1.54) is 0 Å². The molecule has 0 spiro atoms. The molecular weight excluding hydrogens is 278 g/mol. The molecule has 1 N–H and O–H groups in total. The van der Waals surface area contributed by atoms with Gasteiger partial charge in [0.15, 0.2) is 5.82 Å². The zero-order chi connectivity index (χ0) is 14.1. The number of carboxylic acids is 1. The van der Waals surface area contributed by atoms with E-state index in [2.05, 4.69) is 10.1 Å². The number of hydrogen-bond donors (Lipinski definition) is 1. The van der Waals surface area contributed by atoms with Crippen molar-refractivity contribution in [3.05, 3.63) is 46.5 Å². The number of rotatable bonds is 3. The van der Waals surface area contributed by atoms with Crippen molar-refractivity contribution in [3.8, 4) is 0 Å². The molecule has 0 saturated carbocycles. The van der Waals surface area contributed by atoms with Crippen molar-refractivity contribution in [2.75, 3.05) is 0 Å². The minimum absolute atomic E-state index is 0.354. The summed E-state index contributed by atoms with van der Waals surface area (Å²) in [6.07, 6.45) is 1.94. The van der Waals surface area contributed by atoms with E-state index in [1.54, 1.807) is 4.68 Å². The Labute approximate surface area is 121 Å². The fraction of sp³-hybridized carbons (Fsp3) is 0.357.